The molecular formula is C11H13N3. The molecule has 2 rings (SSSR count). The van der Waals surface area contributed by atoms with Crippen molar-refractivity contribution in [3.8, 4) is 6.07 Å². The van der Waals surface area contributed by atoms with Gasteiger partial charge in [-0.05, 0) is 31.0 Å². The zero-order chi connectivity index (χ0) is 9.80. The molecule has 1 fully saturated rings. The van der Waals surface area contributed by atoms with Crippen molar-refractivity contribution in [2.75, 3.05) is 6.54 Å². The Balaban J connectivity index is 2.26. The third-order valence-corrected chi connectivity index (χ3v) is 2.66. The van der Waals surface area contributed by atoms with Gasteiger partial charge in [0.2, 0.25) is 0 Å². The predicted octanol–water partition coefficient (Wildman–Crippen LogP) is 1.77. The summed E-state index contributed by atoms with van der Waals surface area (Å²) in [6, 6.07) is 4.48. The van der Waals surface area contributed by atoms with Gasteiger partial charge in [-0.25, -0.2) is 0 Å². The van der Waals surface area contributed by atoms with Crippen LogP contribution in [0.3, 0.4) is 0 Å². The topological polar surface area (TPSA) is 48.7 Å². The first-order valence-corrected chi connectivity index (χ1v) is 4.99. The Morgan fingerprint density at radius 1 is 1.50 bits per heavy atom. The van der Waals surface area contributed by atoms with Crippen LogP contribution in [-0.4, -0.2) is 11.5 Å². The number of rotatable bonds is 1. The van der Waals surface area contributed by atoms with Crippen molar-refractivity contribution in [1.29, 1.82) is 5.26 Å². The maximum absolute atomic E-state index is 8.93. The normalized spacial score (nSPS) is 21.5. The van der Waals surface area contributed by atoms with Crippen LogP contribution in [0.2, 0.25) is 0 Å². The van der Waals surface area contributed by atoms with E-state index in [1.54, 1.807) is 12.4 Å². The molecule has 1 N–H and O–H groups in total. The summed E-state index contributed by atoms with van der Waals surface area (Å²) in [5, 5.41) is 12.4. The quantitative estimate of drug-likeness (QED) is 0.728. The van der Waals surface area contributed by atoms with E-state index in [0.29, 0.717) is 11.6 Å². The fourth-order valence-corrected chi connectivity index (χ4v) is 1.92. The van der Waals surface area contributed by atoms with Crippen LogP contribution in [0, 0.1) is 11.3 Å². The molecule has 0 aromatic carbocycles. The number of aromatic nitrogens is 1. The summed E-state index contributed by atoms with van der Waals surface area (Å²) < 4.78 is 0. The lowest BCUT2D eigenvalue weighted by Gasteiger charge is -2.24. The number of nitriles is 1. The molecule has 0 aliphatic carbocycles. The van der Waals surface area contributed by atoms with Crippen LogP contribution < -0.4 is 5.32 Å². The van der Waals surface area contributed by atoms with Gasteiger partial charge in [-0.3, -0.25) is 4.98 Å². The van der Waals surface area contributed by atoms with Crippen molar-refractivity contribution in [3.63, 3.8) is 0 Å². The van der Waals surface area contributed by atoms with Gasteiger partial charge in [-0.1, -0.05) is 6.42 Å². The average molecular weight is 187 g/mol. The van der Waals surface area contributed by atoms with E-state index >= 15 is 0 Å². The maximum Gasteiger partial charge on any atom is 0.101 e. The Kier molecular flexibility index (Phi) is 2.76. The fourth-order valence-electron chi connectivity index (χ4n) is 1.92. The molecular weight excluding hydrogens is 174 g/mol. The van der Waals surface area contributed by atoms with Gasteiger partial charge in [0.05, 0.1) is 5.56 Å². The van der Waals surface area contributed by atoms with Gasteiger partial charge >= 0.3 is 0 Å². The lowest BCUT2D eigenvalue weighted by molar-refractivity contribution is 0.411. The Hall–Kier alpha value is -1.40. The molecule has 1 atom stereocenters. The van der Waals surface area contributed by atoms with Crippen molar-refractivity contribution in [1.82, 2.24) is 10.3 Å². The number of hydrogen-bond donors (Lipinski definition) is 1. The SMILES string of the molecule is N#Cc1cnccc1C1CCCCN1. The van der Waals surface area contributed by atoms with E-state index in [4.69, 9.17) is 5.26 Å². The van der Waals surface area contributed by atoms with Crippen LogP contribution in [0.4, 0.5) is 0 Å². The highest BCUT2D eigenvalue weighted by Gasteiger charge is 2.17. The summed E-state index contributed by atoms with van der Waals surface area (Å²) >= 11 is 0. The number of pyridine rings is 1. The van der Waals surface area contributed by atoms with E-state index in [2.05, 4.69) is 16.4 Å². The average Bonchev–Trinajstić information content (AvgIpc) is 2.30. The molecule has 2 heterocycles. The van der Waals surface area contributed by atoms with Crippen LogP contribution in [0.15, 0.2) is 18.5 Å². The number of nitrogens with zero attached hydrogens (tertiary/aromatic N) is 2. The largest absolute Gasteiger partial charge is 0.310 e. The number of nitrogens with one attached hydrogen (secondary N) is 1. The molecule has 14 heavy (non-hydrogen) atoms. The van der Waals surface area contributed by atoms with Crippen LogP contribution in [0.25, 0.3) is 0 Å². The van der Waals surface area contributed by atoms with Gasteiger partial charge in [-0.2, -0.15) is 5.26 Å². The monoisotopic (exact) mass is 187 g/mol. The summed E-state index contributed by atoms with van der Waals surface area (Å²) in [5.74, 6) is 0. The Morgan fingerprint density at radius 2 is 2.43 bits per heavy atom. The highest BCUT2D eigenvalue weighted by molar-refractivity contribution is 5.37. The molecule has 1 aliphatic heterocycles. The third kappa shape index (κ3) is 1.75. The second-order valence-electron chi connectivity index (χ2n) is 3.58. The molecule has 0 amide bonds. The van der Waals surface area contributed by atoms with E-state index < -0.39 is 0 Å². The van der Waals surface area contributed by atoms with Crippen LogP contribution in [0.1, 0.15) is 36.4 Å². The maximum atomic E-state index is 8.93. The molecule has 1 aliphatic rings. The van der Waals surface area contributed by atoms with Crippen molar-refractivity contribution in [3.05, 3.63) is 29.6 Å². The van der Waals surface area contributed by atoms with E-state index in [9.17, 15) is 0 Å². The van der Waals surface area contributed by atoms with Crippen molar-refractivity contribution < 1.29 is 0 Å². The summed E-state index contributed by atoms with van der Waals surface area (Å²) in [4.78, 5) is 3.96. The van der Waals surface area contributed by atoms with Crippen LogP contribution in [-0.2, 0) is 0 Å². The van der Waals surface area contributed by atoms with Crippen molar-refractivity contribution >= 4 is 0 Å². The summed E-state index contributed by atoms with van der Waals surface area (Å²) in [6.45, 7) is 1.05. The standard InChI is InChI=1S/C11H13N3/c12-7-9-8-13-6-4-10(9)11-3-1-2-5-14-11/h4,6,8,11,14H,1-3,5H2. The molecule has 0 radical (unpaired) electrons. The Labute approximate surface area is 83.8 Å². The minimum Gasteiger partial charge on any atom is -0.310 e. The molecule has 72 valence electrons. The van der Waals surface area contributed by atoms with Crippen LogP contribution in [0.5, 0.6) is 0 Å². The lowest BCUT2D eigenvalue weighted by Crippen LogP contribution is -2.27. The van der Waals surface area contributed by atoms with Gasteiger partial charge in [-0.15, -0.1) is 0 Å². The first-order valence-electron chi connectivity index (χ1n) is 4.99. The molecule has 1 unspecified atom stereocenters. The summed E-state index contributed by atoms with van der Waals surface area (Å²) in [6.07, 6.45) is 7.01. The zero-order valence-electron chi connectivity index (χ0n) is 8.03. The number of piperidine rings is 1. The molecule has 3 nitrogen and oxygen atoms in total. The van der Waals surface area contributed by atoms with Gasteiger partial charge in [0.1, 0.15) is 6.07 Å². The van der Waals surface area contributed by atoms with E-state index in [1.165, 1.54) is 12.8 Å². The first kappa shape index (κ1) is 9.17. The van der Waals surface area contributed by atoms with E-state index in [1.807, 2.05) is 6.07 Å². The molecule has 1 saturated heterocycles. The van der Waals surface area contributed by atoms with Crippen molar-refractivity contribution in [2.24, 2.45) is 0 Å². The minimum absolute atomic E-state index is 0.349. The molecule has 0 spiro atoms. The first-order chi connectivity index (χ1) is 6.92. The molecule has 0 bridgehead atoms. The van der Waals surface area contributed by atoms with Gasteiger partial charge in [0.25, 0.3) is 0 Å². The van der Waals surface area contributed by atoms with Crippen LogP contribution >= 0.6 is 0 Å². The highest BCUT2D eigenvalue weighted by atomic mass is 14.9. The second kappa shape index (κ2) is 4.21. The van der Waals surface area contributed by atoms with E-state index in [-0.39, 0.29) is 0 Å². The lowest BCUT2D eigenvalue weighted by atomic mass is 9.95. The molecule has 1 aromatic rings. The molecule has 3 heteroatoms. The number of hydrogen-bond acceptors (Lipinski definition) is 3. The van der Waals surface area contributed by atoms with Gasteiger partial charge in [0, 0.05) is 18.4 Å². The smallest absolute Gasteiger partial charge is 0.101 e. The zero-order valence-corrected chi connectivity index (χ0v) is 8.03. The minimum atomic E-state index is 0.349. The van der Waals surface area contributed by atoms with Gasteiger partial charge < -0.3 is 5.32 Å². The summed E-state index contributed by atoms with van der Waals surface area (Å²) in [7, 11) is 0. The molecule has 1 aromatic heterocycles. The fraction of sp³-hybridized carbons (Fsp3) is 0.455. The molecule has 0 saturated carbocycles. The Bertz CT molecular complexity index is 348. The van der Waals surface area contributed by atoms with E-state index in [0.717, 1.165) is 18.5 Å². The van der Waals surface area contributed by atoms with Crippen molar-refractivity contribution in [2.45, 2.75) is 25.3 Å². The Morgan fingerprint density at radius 3 is 3.14 bits per heavy atom. The summed E-state index contributed by atoms with van der Waals surface area (Å²) in [5.41, 5.74) is 1.80. The third-order valence-electron chi connectivity index (χ3n) is 2.66. The predicted molar refractivity (Wildman–Crippen MR) is 53.5 cm³/mol. The second-order valence-corrected chi connectivity index (χ2v) is 3.58. The highest BCUT2D eigenvalue weighted by Crippen LogP contribution is 2.24. The van der Waals surface area contributed by atoms with Gasteiger partial charge in [0.15, 0.2) is 0 Å².